The van der Waals surface area contributed by atoms with E-state index in [9.17, 15) is 14.0 Å². The zero-order valence-corrected chi connectivity index (χ0v) is 17.9. The number of fused-ring (bicyclic) bond motifs is 4. The van der Waals surface area contributed by atoms with Crippen molar-refractivity contribution in [2.24, 2.45) is 5.73 Å². The van der Waals surface area contributed by atoms with Crippen LogP contribution in [0.1, 0.15) is 54.6 Å². The van der Waals surface area contributed by atoms with Crippen LogP contribution < -0.4 is 11.1 Å². The van der Waals surface area contributed by atoms with Gasteiger partial charge in [-0.3, -0.25) is 9.48 Å². The molecule has 164 valence electrons. The Labute approximate surface area is 184 Å². The van der Waals surface area contributed by atoms with Gasteiger partial charge in [0.15, 0.2) is 0 Å². The molecule has 7 nitrogen and oxygen atoms in total. The molecule has 3 aliphatic carbocycles. The van der Waals surface area contributed by atoms with Gasteiger partial charge < -0.3 is 16.0 Å². The number of urea groups is 1. The molecule has 3 saturated carbocycles. The van der Waals surface area contributed by atoms with E-state index < -0.39 is 11.6 Å². The number of rotatable bonds is 3. The fraction of sp³-hybridized carbons (Fsp3) is 0.500. The summed E-state index contributed by atoms with van der Waals surface area (Å²) < 4.78 is 16.2. The minimum atomic E-state index is -1.04. The quantitative estimate of drug-likeness (QED) is 0.755. The van der Waals surface area contributed by atoms with Crippen LogP contribution in [-0.2, 0) is 13.1 Å². The predicted molar refractivity (Wildman–Crippen MR) is 114 cm³/mol. The monoisotopic (exact) mass is 445 g/mol. The zero-order chi connectivity index (χ0) is 21.8. The van der Waals surface area contributed by atoms with E-state index in [1.807, 2.05) is 6.07 Å². The van der Waals surface area contributed by atoms with E-state index in [1.165, 1.54) is 0 Å². The number of hydrogen-bond acceptors (Lipinski definition) is 3. The Hall–Kier alpha value is -2.61. The number of primary amides is 1. The largest absolute Gasteiger partial charge is 0.365 e. The first-order chi connectivity index (χ1) is 14.8. The van der Waals surface area contributed by atoms with Crippen LogP contribution in [0.3, 0.4) is 0 Å². The number of nitrogens with zero attached hydrogens (tertiary/aromatic N) is 3. The van der Waals surface area contributed by atoms with Crippen LogP contribution in [-0.4, -0.2) is 44.4 Å². The summed E-state index contributed by atoms with van der Waals surface area (Å²) in [5, 5.41) is 8.32. The highest BCUT2D eigenvalue weighted by Crippen LogP contribution is 2.49. The molecule has 6 rings (SSSR count). The predicted octanol–water partition coefficient (Wildman–Crippen LogP) is 3.64. The average Bonchev–Trinajstić information content (AvgIpc) is 3.14. The van der Waals surface area contributed by atoms with Crippen LogP contribution in [0.2, 0.25) is 5.02 Å². The lowest BCUT2D eigenvalue weighted by atomic mass is 9.64. The third kappa shape index (κ3) is 3.56. The Morgan fingerprint density at radius 2 is 1.84 bits per heavy atom. The molecular weight excluding hydrogens is 421 g/mol. The van der Waals surface area contributed by atoms with Gasteiger partial charge in [0.2, 0.25) is 0 Å². The molecule has 2 aromatic rings. The van der Waals surface area contributed by atoms with Crippen molar-refractivity contribution >= 4 is 23.5 Å². The number of carbonyl (C=O) groups excluding carboxylic acids is 2. The second kappa shape index (κ2) is 7.22. The summed E-state index contributed by atoms with van der Waals surface area (Å²) in [7, 11) is 0. The number of nitrogens with two attached hydrogens (primary N) is 1. The molecule has 3 N–H and O–H groups in total. The summed E-state index contributed by atoms with van der Waals surface area (Å²) in [5.74, 6) is -0.587. The molecule has 2 bridgehead atoms. The fourth-order valence-electron chi connectivity index (χ4n) is 5.22. The second-order valence-electron chi connectivity index (χ2n) is 9.05. The molecule has 1 aliphatic heterocycles. The van der Waals surface area contributed by atoms with Crippen LogP contribution in [0.15, 0.2) is 24.3 Å². The van der Waals surface area contributed by atoms with Gasteiger partial charge in [-0.05, 0) is 50.7 Å². The standard InChI is InChI=1S/C22H25ClFN5O2/c23-15-3-1-2-14(12-15)18-17(19(25)30)16-13-28(10-11-29(16)27-18)20(31)26-22-7-4-21(24,5-8-22)6-9-22/h1-3,12H,4-11,13H2,(H2,25,30)(H,26,31). The summed E-state index contributed by atoms with van der Waals surface area (Å²) in [6.45, 7) is 1.17. The van der Waals surface area contributed by atoms with E-state index in [1.54, 1.807) is 27.8 Å². The van der Waals surface area contributed by atoms with Crippen molar-refractivity contribution in [1.82, 2.24) is 20.0 Å². The Morgan fingerprint density at radius 1 is 1.13 bits per heavy atom. The van der Waals surface area contributed by atoms with Crippen LogP contribution in [0, 0.1) is 0 Å². The maximum absolute atomic E-state index is 14.5. The van der Waals surface area contributed by atoms with E-state index in [4.69, 9.17) is 17.3 Å². The molecular formula is C22H25ClFN5O2. The third-order valence-corrected chi connectivity index (χ3v) is 7.37. The van der Waals surface area contributed by atoms with Gasteiger partial charge in [0.25, 0.3) is 5.91 Å². The number of benzene rings is 1. The summed E-state index contributed by atoms with van der Waals surface area (Å²) in [6.07, 6.45) is 3.55. The molecule has 0 radical (unpaired) electrons. The van der Waals surface area contributed by atoms with E-state index in [-0.39, 0.29) is 18.1 Å². The molecule has 2 heterocycles. The number of aromatic nitrogens is 2. The summed E-state index contributed by atoms with van der Waals surface area (Å²) in [4.78, 5) is 27.1. The SMILES string of the molecule is NC(=O)c1c(-c2cccc(Cl)c2)nn2c1CN(C(=O)NC13CCC(F)(CC1)CC3)CC2. The molecule has 0 spiro atoms. The van der Waals surface area contributed by atoms with Gasteiger partial charge in [0.05, 0.1) is 24.3 Å². The molecule has 0 unspecified atom stereocenters. The summed E-state index contributed by atoms with van der Waals surface area (Å²) in [5.41, 5.74) is 6.47. The van der Waals surface area contributed by atoms with Gasteiger partial charge in [-0.1, -0.05) is 23.7 Å². The average molecular weight is 446 g/mol. The number of hydrogen-bond donors (Lipinski definition) is 2. The van der Waals surface area contributed by atoms with Crippen LogP contribution in [0.25, 0.3) is 11.3 Å². The fourth-order valence-corrected chi connectivity index (χ4v) is 5.41. The number of halogens is 2. The molecule has 1 aromatic heterocycles. The number of nitrogens with one attached hydrogen (secondary N) is 1. The van der Waals surface area contributed by atoms with Gasteiger partial charge in [0, 0.05) is 22.7 Å². The number of carbonyl (C=O) groups is 2. The van der Waals surface area contributed by atoms with Crippen molar-refractivity contribution in [3.63, 3.8) is 0 Å². The minimum Gasteiger partial charge on any atom is -0.365 e. The third-order valence-electron chi connectivity index (χ3n) is 7.14. The Morgan fingerprint density at radius 3 is 2.48 bits per heavy atom. The maximum Gasteiger partial charge on any atom is 0.318 e. The van der Waals surface area contributed by atoms with Crippen molar-refractivity contribution < 1.29 is 14.0 Å². The maximum atomic E-state index is 14.5. The van der Waals surface area contributed by atoms with E-state index >= 15 is 0 Å². The number of amides is 3. The first-order valence-corrected chi connectivity index (χ1v) is 11.1. The normalized spacial score (nSPS) is 27.1. The van der Waals surface area contributed by atoms with Crippen LogP contribution in [0.4, 0.5) is 9.18 Å². The summed E-state index contributed by atoms with van der Waals surface area (Å²) >= 11 is 6.11. The number of alkyl halides is 1. The lowest BCUT2D eigenvalue weighted by molar-refractivity contribution is -0.00567. The van der Waals surface area contributed by atoms with Crippen molar-refractivity contribution in [3.8, 4) is 11.3 Å². The summed E-state index contributed by atoms with van der Waals surface area (Å²) in [6, 6.07) is 6.93. The van der Waals surface area contributed by atoms with Crippen molar-refractivity contribution in [3.05, 3.63) is 40.5 Å². The van der Waals surface area contributed by atoms with Gasteiger partial charge in [0.1, 0.15) is 11.4 Å². The Bertz CT molecular complexity index is 1040. The van der Waals surface area contributed by atoms with Crippen molar-refractivity contribution in [2.45, 2.75) is 62.8 Å². The molecule has 3 amide bonds. The first-order valence-electron chi connectivity index (χ1n) is 10.7. The van der Waals surface area contributed by atoms with Crippen molar-refractivity contribution in [2.75, 3.05) is 6.54 Å². The lowest BCUT2D eigenvalue weighted by Crippen LogP contribution is -2.60. The molecule has 1 aromatic carbocycles. The van der Waals surface area contributed by atoms with Gasteiger partial charge in [-0.25, -0.2) is 9.18 Å². The Kier molecular flexibility index (Phi) is 4.73. The van der Waals surface area contributed by atoms with E-state index in [0.29, 0.717) is 79.2 Å². The van der Waals surface area contributed by atoms with Gasteiger partial charge >= 0.3 is 6.03 Å². The van der Waals surface area contributed by atoms with Crippen LogP contribution >= 0.6 is 11.6 Å². The van der Waals surface area contributed by atoms with Crippen molar-refractivity contribution in [1.29, 1.82) is 0 Å². The second-order valence-corrected chi connectivity index (χ2v) is 9.49. The topological polar surface area (TPSA) is 93.2 Å². The minimum absolute atomic E-state index is 0.180. The molecule has 31 heavy (non-hydrogen) atoms. The molecule has 4 aliphatic rings. The van der Waals surface area contributed by atoms with E-state index in [2.05, 4.69) is 10.4 Å². The molecule has 0 saturated heterocycles. The lowest BCUT2D eigenvalue weighted by Gasteiger charge is -2.50. The van der Waals surface area contributed by atoms with Gasteiger partial charge in [-0.2, -0.15) is 5.10 Å². The smallest absolute Gasteiger partial charge is 0.318 e. The highest BCUT2D eigenvalue weighted by Gasteiger charge is 2.50. The van der Waals surface area contributed by atoms with E-state index in [0.717, 1.165) is 0 Å². The van der Waals surface area contributed by atoms with Gasteiger partial charge in [-0.15, -0.1) is 0 Å². The highest BCUT2D eigenvalue weighted by molar-refractivity contribution is 6.30. The zero-order valence-electron chi connectivity index (χ0n) is 17.2. The highest BCUT2D eigenvalue weighted by atomic mass is 35.5. The first kappa shape index (κ1) is 20.3. The molecule has 3 fully saturated rings. The Balaban J connectivity index is 1.39. The molecule has 9 heteroatoms. The molecule has 0 atom stereocenters. The van der Waals surface area contributed by atoms with Crippen LogP contribution in [0.5, 0.6) is 0 Å².